The number of anilines is 1. The summed E-state index contributed by atoms with van der Waals surface area (Å²) in [6.07, 6.45) is 3.44. The van der Waals surface area contributed by atoms with Crippen molar-refractivity contribution in [2.24, 2.45) is 0 Å². The average molecular weight is 408 g/mol. The van der Waals surface area contributed by atoms with Crippen LogP contribution in [-0.4, -0.2) is 36.1 Å². The van der Waals surface area contributed by atoms with Crippen molar-refractivity contribution < 1.29 is 28.6 Å². The van der Waals surface area contributed by atoms with Gasteiger partial charge in [-0.1, -0.05) is 24.3 Å². The molecule has 0 radical (unpaired) electrons. The topological polar surface area (TPSA) is 94.2 Å². The highest BCUT2D eigenvalue weighted by atomic mass is 16.7. The zero-order valence-electron chi connectivity index (χ0n) is 16.3. The van der Waals surface area contributed by atoms with E-state index in [0.29, 0.717) is 17.2 Å². The third kappa shape index (κ3) is 4.12. The Morgan fingerprint density at radius 2 is 1.93 bits per heavy atom. The van der Waals surface area contributed by atoms with Crippen LogP contribution >= 0.6 is 0 Å². The van der Waals surface area contributed by atoms with Gasteiger partial charge >= 0.3 is 5.97 Å². The largest absolute Gasteiger partial charge is 0.455 e. The third-order valence-electron chi connectivity index (χ3n) is 4.85. The van der Waals surface area contributed by atoms with Gasteiger partial charge in [0.15, 0.2) is 18.1 Å². The summed E-state index contributed by atoms with van der Waals surface area (Å²) in [7, 11) is 0. The van der Waals surface area contributed by atoms with E-state index in [9.17, 15) is 14.4 Å². The van der Waals surface area contributed by atoms with Crippen LogP contribution < -0.4 is 14.8 Å². The van der Waals surface area contributed by atoms with E-state index in [1.807, 2.05) is 30.3 Å². The molecule has 0 saturated carbocycles. The lowest BCUT2D eigenvalue weighted by Gasteiger charge is -2.32. The minimum Gasteiger partial charge on any atom is -0.455 e. The molecule has 1 atom stereocenters. The molecule has 2 aromatic rings. The van der Waals surface area contributed by atoms with Gasteiger partial charge in [-0.2, -0.15) is 0 Å². The Bertz CT molecular complexity index is 1030. The van der Waals surface area contributed by atoms with Crippen molar-refractivity contribution in [3.63, 3.8) is 0 Å². The molecule has 4 rings (SSSR count). The van der Waals surface area contributed by atoms with E-state index in [0.717, 1.165) is 11.1 Å². The molecule has 154 valence electrons. The van der Waals surface area contributed by atoms with Crippen LogP contribution in [0.1, 0.15) is 30.5 Å². The summed E-state index contributed by atoms with van der Waals surface area (Å²) in [6, 6.07) is 12.1. The fourth-order valence-electron chi connectivity index (χ4n) is 3.45. The first-order valence-corrected chi connectivity index (χ1v) is 9.42. The van der Waals surface area contributed by atoms with Crippen LogP contribution in [0.5, 0.6) is 11.5 Å². The van der Waals surface area contributed by atoms with Gasteiger partial charge in [0, 0.05) is 24.9 Å². The van der Waals surface area contributed by atoms with Gasteiger partial charge in [0.25, 0.3) is 5.91 Å². The Morgan fingerprint density at radius 3 is 2.77 bits per heavy atom. The van der Waals surface area contributed by atoms with Crippen LogP contribution in [0.15, 0.2) is 48.7 Å². The summed E-state index contributed by atoms with van der Waals surface area (Å²) in [5, 5.41) is 2.65. The summed E-state index contributed by atoms with van der Waals surface area (Å²) in [5.41, 5.74) is 2.31. The number of amides is 2. The quantitative estimate of drug-likeness (QED) is 0.765. The Balaban J connectivity index is 1.35. The number of hydrogen-bond donors (Lipinski definition) is 1. The second kappa shape index (κ2) is 8.28. The number of ether oxygens (including phenoxy) is 3. The Morgan fingerprint density at radius 1 is 1.13 bits per heavy atom. The first kappa shape index (κ1) is 19.5. The molecule has 2 aromatic carbocycles. The van der Waals surface area contributed by atoms with Crippen molar-refractivity contribution >= 4 is 29.5 Å². The van der Waals surface area contributed by atoms with Crippen LogP contribution in [0, 0.1) is 0 Å². The molecule has 0 spiro atoms. The van der Waals surface area contributed by atoms with E-state index in [1.54, 1.807) is 24.4 Å². The van der Waals surface area contributed by atoms with E-state index in [-0.39, 0.29) is 19.1 Å². The molecule has 8 heteroatoms. The highest BCUT2D eigenvalue weighted by molar-refractivity contribution is 5.93. The molecule has 0 aromatic heterocycles. The molecular weight excluding hydrogens is 388 g/mol. The van der Waals surface area contributed by atoms with Gasteiger partial charge in [-0.25, -0.2) is 0 Å². The molecule has 8 nitrogen and oxygen atoms in total. The second-order valence-electron chi connectivity index (χ2n) is 6.87. The van der Waals surface area contributed by atoms with E-state index in [1.165, 1.54) is 11.8 Å². The lowest BCUT2D eigenvalue weighted by atomic mass is 9.94. The third-order valence-corrected chi connectivity index (χ3v) is 4.85. The molecule has 0 aliphatic carbocycles. The number of rotatable bonds is 5. The standard InChI is InChI=1S/C22H20N2O6/c1-14(25)24-9-8-15-4-2-3-5-17(15)18(24)11-22(27)28-12-21(26)23-16-6-7-19-20(10-16)30-13-29-19/h2-10,18H,11-13H2,1H3,(H,23,26)/t18-/m1/s1. The average Bonchev–Trinajstić information content (AvgIpc) is 3.20. The number of nitrogens with one attached hydrogen (secondary N) is 1. The van der Waals surface area contributed by atoms with Crippen LogP contribution in [0.4, 0.5) is 5.69 Å². The van der Waals surface area contributed by atoms with Crippen molar-refractivity contribution in [1.82, 2.24) is 4.90 Å². The molecule has 30 heavy (non-hydrogen) atoms. The van der Waals surface area contributed by atoms with Crippen molar-refractivity contribution in [1.29, 1.82) is 0 Å². The van der Waals surface area contributed by atoms with Gasteiger partial charge in [0.05, 0.1) is 12.5 Å². The van der Waals surface area contributed by atoms with Crippen LogP contribution in [0.2, 0.25) is 0 Å². The van der Waals surface area contributed by atoms with Crippen molar-refractivity contribution in [3.05, 3.63) is 59.8 Å². The minimum absolute atomic E-state index is 0.0573. The fraction of sp³-hybridized carbons (Fsp3) is 0.227. The van der Waals surface area contributed by atoms with Gasteiger partial charge in [0.2, 0.25) is 12.7 Å². The first-order chi connectivity index (χ1) is 14.5. The smallest absolute Gasteiger partial charge is 0.308 e. The van der Waals surface area contributed by atoms with Crippen LogP contribution in [-0.2, 0) is 19.1 Å². The normalized spacial score (nSPS) is 16.0. The number of carbonyl (C=O) groups is 3. The highest BCUT2D eigenvalue weighted by Crippen LogP contribution is 2.34. The SMILES string of the molecule is CC(=O)N1C=Cc2ccccc2[C@H]1CC(=O)OCC(=O)Nc1ccc2c(c1)OCO2. The first-order valence-electron chi connectivity index (χ1n) is 9.42. The van der Waals surface area contributed by atoms with E-state index in [4.69, 9.17) is 14.2 Å². The number of hydrogen-bond acceptors (Lipinski definition) is 6. The maximum atomic E-state index is 12.4. The molecule has 0 bridgehead atoms. The van der Waals surface area contributed by atoms with E-state index >= 15 is 0 Å². The second-order valence-corrected chi connectivity index (χ2v) is 6.87. The van der Waals surface area contributed by atoms with Gasteiger partial charge in [0.1, 0.15) is 0 Å². The molecule has 2 aliphatic heterocycles. The zero-order chi connectivity index (χ0) is 21.1. The molecule has 1 N–H and O–H groups in total. The lowest BCUT2D eigenvalue weighted by molar-refractivity contribution is -0.149. The zero-order valence-corrected chi connectivity index (χ0v) is 16.3. The summed E-state index contributed by atoms with van der Waals surface area (Å²) < 4.78 is 15.6. The van der Waals surface area contributed by atoms with Crippen LogP contribution in [0.3, 0.4) is 0 Å². The van der Waals surface area contributed by atoms with Crippen molar-refractivity contribution in [2.45, 2.75) is 19.4 Å². The summed E-state index contributed by atoms with van der Waals surface area (Å²) >= 11 is 0. The number of benzene rings is 2. The number of carbonyl (C=O) groups excluding carboxylic acids is 3. The summed E-state index contributed by atoms with van der Waals surface area (Å²) in [4.78, 5) is 38.0. The van der Waals surface area contributed by atoms with Crippen molar-refractivity contribution in [2.75, 3.05) is 18.7 Å². The minimum atomic E-state index is -0.572. The number of fused-ring (bicyclic) bond motifs is 2. The Hall–Kier alpha value is -3.81. The fourth-order valence-corrected chi connectivity index (χ4v) is 3.45. The molecule has 2 heterocycles. The number of esters is 1. The van der Waals surface area contributed by atoms with Gasteiger partial charge in [-0.3, -0.25) is 14.4 Å². The highest BCUT2D eigenvalue weighted by Gasteiger charge is 2.29. The Kier molecular flexibility index (Phi) is 5.38. The van der Waals surface area contributed by atoms with Crippen LogP contribution in [0.25, 0.3) is 6.08 Å². The lowest BCUT2D eigenvalue weighted by Crippen LogP contribution is -2.33. The van der Waals surface area contributed by atoms with Gasteiger partial charge in [-0.05, 0) is 29.3 Å². The van der Waals surface area contributed by atoms with E-state index in [2.05, 4.69) is 5.32 Å². The molecule has 0 saturated heterocycles. The maximum Gasteiger partial charge on any atom is 0.308 e. The monoisotopic (exact) mass is 408 g/mol. The molecule has 0 unspecified atom stereocenters. The predicted molar refractivity (Wildman–Crippen MR) is 108 cm³/mol. The number of nitrogens with zero attached hydrogens (tertiary/aromatic N) is 1. The molecule has 2 amide bonds. The predicted octanol–water partition coefficient (Wildman–Crippen LogP) is 2.86. The molecular formula is C22H20N2O6. The molecule has 0 fully saturated rings. The van der Waals surface area contributed by atoms with Crippen molar-refractivity contribution in [3.8, 4) is 11.5 Å². The van der Waals surface area contributed by atoms with E-state index < -0.39 is 24.5 Å². The maximum absolute atomic E-state index is 12.4. The molecule has 2 aliphatic rings. The van der Waals surface area contributed by atoms with Gasteiger partial charge in [-0.15, -0.1) is 0 Å². The Labute approximate surface area is 173 Å². The van der Waals surface area contributed by atoms with Gasteiger partial charge < -0.3 is 24.4 Å². The summed E-state index contributed by atoms with van der Waals surface area (Å²) in [6.45, 7) is 1.15. The summed E-state index contributed by atoms with van der Waals surface area (Å²) in [5.74, 6) is -0.0831.